The second kappa shape index (κ2) is 9.07. The van der Waals surface area contributed by atoms with Crippen molar-refractivity contribution in [3.63, 3.8) is 0 Å². The van der Waals surface area contributed by atoms with Crippen LogP contribution in [-0.4, -0.2) is 35.2 Å². The molecule has 0 saturated carbocycles. The van der Waals surface area contributed by atoms with Crippen LogP contribution in [0.5, 0.6) is 0 Å². The van der Waals surface area contributed by atoms with E-state index in [9.17, 15) is 9.59 Å². The van der Waals surface area contributed by atoms with Crippen LogP contribution in [0, 0.1) is 18.6 Å². The number of aryl methyl sites for hydroxylation is 1. The summed E-state index contributed by atoms with van der Waals surface area (Å²) >= 11 is 5.52. The predicted molar refractivity (Wildman–Crippen MR) is 135 cm³/mol. The monoisotopic (exact) mass is 483 g/mol. The molecular weight excluding hydrogens is 462 g/mol. The van der Waals surface area contributed by atoms with E-state index in [0.717, 1.165) is 22.4 Å². The van der Waals surface area contributed by atoms with Crippen molar-refractivity contribution in [2.24, 2.45) is 0 Å². The minimum absolute atomic E-state index is 0.239. The third-order valence-electron chi connectivity index (χ3n) is 5.92. The Morgan fingerprint density at radius 1 is 1.14 bits per heavy atom. The Bertz CT molecular complexity index is 1690. The molecule has 2 aromatic carbocycles. The van der Waals surface area contributed by atoms with Crippen molar-refractivity contribution < 1.29 is 4.79 Å². The molecule has 9 nitrogen and oxygen atoms in total. The molecule has 0 unspecified atom stereocenters. The maximum atomic E-state index is 13.3. The second-order valence-electron chi connectivity index (χ2n) is 8.06. The number of amides is 1. The maximum absolute atomic E-state index is 13.3. The van der Waals surface area contributed by atoms with E-state index in [-0.39, 0.29) is 22.8 Å². The highest BCUT2D eigenvalue weighted by Crippen LogP contribution is 2.18. The fourth-order valence-corrected chi connectivity index (χ4v) is 4.22. The van der Waals surface area contributed by atoms with E-state index < -0.39 is 0 Å². The molecule has 0 fully saturated rings. The molecule has 5 rings (SSSR count). The van der Waals surface area contributed by atoms with Crippen molar-refractivity contribution in [3.8, 4) is 11.5 Å². The van der Waals surface area contributed by atoms with E-state index >= 15 is 0 Å². The lowest BCUT2D eigenvalue weighted by Crippen LogP contribution is -2.25. The van der Waals surface area contributed by atoms with Crippen LogP contribution < -0.4 is 10.9 Å². The van der Waals surface area contributed by atoms with E-state index in [0.29, 0.717) is 22.3 Å². The lowest BCUT2D eigenvalue weighted by molar-refractivity contribution is 0.0951. The zero-order chi connectivity index (χ0) is 24.5. The molecule has 35 heavy (non-hydrogen) atoms. The first-order valence-corrected chi connectivity index (χ1v) is 11.3. The number of pyridine rings is 1. The topological polar surface area (TPSA) is 110 Å². The Morgan fingerprint density at radius 2 is 2.00 bits per heavy atom. The van der Waals surface area contributed by atoms with Crippen molar-refractivity contribution >= 4 is 29.0 Å². The van der Waals surface area contributed by atoms with Gasteiger partial charge in [-0.1, -0.05) is 18.2 Å². The van der Waals surface area contributed by atoms with E-state index in [1.54, 1.807) is 41.5 Å². The summed E-state index contributed by atoms with van der Waals surface area (Å²) in [5, 5.41) is 7.45. The number of benzene rings is 2. The summed E-state index contributed by atoms with van der Waals surface area (Å²) in [5.41, 5.74) is 4.22. The van der Waals surface area contributed by atoms with Crippen LogP contribution in [0.15, 0.2) is 72.2 Å². The minimum atomic E-state index is -0.293. The Morgan fingerprint density at radius 3 is 2.80 bits per heavy atom. The summed E-state index contributed by atoms with van der Waals surface area (Å²) < 4.78 is 3.30. The summed E-state index contributed by atoms with van der Waals surface area (Å²) in [6.45, 7) is 4.19. The van der Waals surface area contributed by atoms with Gasteiger partial charge in [0, 0.05) is 23.9 Å². The normalized spacial score (nSPS) is 11.0. The number of aromatic amines is 1. The molecular formula is C25H21N7O2S. The smallest absolute Gasteiger partial charge is 0.266 e. The first-order chi connectivity index (χ1) is 16.9. The lowest BCUT2D eigenvalue weighted by Gasteiger charge is -2.13. The van der Waals surface area contributed by atoms with Gasteiger partial charge >= 0.3 is 0 Å². The van der Waals surface area contributed by atoms with Crippen molar-refractivity contribution in [1.82, 2.24) is 34.6 Å². The highest BCUT2D eigenvalue weighted by molar-refractivity contribution is 7.71. The lowest BCUT2D eigenvalue weighted by atomic mass is 10.1. The number of aromatic nitrogens is 6. The first-order valence-electron chi connectivity index (χ1n) is 10.9. The zero-order valence-corrected chi connectivity index (χ0v) is 19.8. The van der Waals surface area contributed by atoms with Crippen LogP contribution in [0.2, 0.25) is 0 Å². The number of nitrogens with one attached hydrogen (secondary N) is 2. The van der Waals surface area contributed by atoms with Gasteiger partial charge in [-0.2, -0.15) is 5.10 Å². The van der Waals surface area contributed by atoms with Gasteiger partial charge in [-0.25, -0.2) is 14.6 Å². The molecule has 0 atom stereocenters. The molecule has 0 spiro atoms. The van der Waals surface area contributed by atoms with Gasteiger partial charge in [0.2, 0.25) is 0 Å². The Labute approximate surface area is 205 Å². The van der Waals surface area contributed by atoms with Gasteiger partial charge in [-0.05, 0) is 67.5 Å². The maximum Gasteiger partial charge on any atom is 0.266 e. The minimum Gasteiger partial charge on any atom is -0.348 e. The molecule has 0 bridgehead atoms. The van der Waals surface area contributed by atoms with Crippen LogP contribution in [0.3, 0.4) is 0 Å². The molecule has 0 radical (unpaired) electrons. The molecule has 10 heteroatoms. The average Bonchev–Trinajstić information content (AvgIpc) is 3.40. The van der Waals surface area contributed by atoms with Crippen molar-refractivity contribution in [3.05, 3.63) is 105 Å². The van der Waals surface area contributed by atoms with E-state index in [2.05, 4.69) is 25.4 Å². The van der Waals surface area contributed by atoms with Crippen molar-refractivity contribution in [1.29, 1.82) is 0 Å². The van der Waals surface area contributed by atoms with Gasteiger partial charge in [-0.15, -0.1) is 0 Å². The molecule has 3 aromatic heterocycles. The van der Waals surface area contributed by atoms with E-state index in [1.165, 1.54) is 10.9 Å². The van der Waals surface area contributed by atoms with Crippen molar-refractivity contribution in [2.75, 3.05) is 0 Å². The summed E-state index contributed by atoms with van der Waals surface area (Å²) in [7, 11) is 0. The molecule has 3 heterocycles. The van der Waals surface area contributed by atoms with Gasteiger partial charge in [-0.3, -0.25) is 14.2 Å². The molecule has 0 aliphatic carbocycles. The Kier molecular flexibility index (Phi) is 5.79. The fourth-order valence-electron chi connectivity index (χ4n) is 3.93. The number of nitrogens with zero attached hydrogens (tertiary/aromatic N) is 5. The third-order valence-corrected chi connectivity index (χ3v) is 6.20. The Hall–Kier alpha value is -4.44. The van der Waals surface area contributed by atoms with Crippen LogP contribution in [0.1, 0.15) is 27.0 Å². The number of rotatable bonds is 5. The number of carbonyl (C=O) groups is 1. The van der Waals surface area contributed by atoms with Gasteiger partial charge in [0.15, 0.2) is 10.6 Å². The molecule has 5 aromatic rings. The highest BCUT2D eigenvalue weighted by Gasteiger charge is 2.14. The third kappa shape index (κ3) is 4.15. The first kappa shape index (κ1) is 22.4. The largest absolute Gasteiger partial charge is 0.348 e. The molecule has 2 N–H and O–H groups in total. The van der Waals surface area contributed by atoms with Gasteiger partial charge in [0.05, 0.1) is 16.6 Å². The molecule has 0 aliphatic heterocycles. The second-order valence-corrected chi connectivity index (χ2v) is 8.45. The van der Waals surface area contributed by atoms with Crippen LogP contribution >= 0.6 is 12.2 Å². The summed E-state index contributed by atoms with van der Waals surface area (Å²) in [4.78, 5) is 37.6. The zero-order valence-electron chi connectivity index (χ0n) is 19.0. The molecule has 1 amide bonds. The van der Waals surface area contributed by atoms with Crippen molar-refractivity contribution in [2.45, 2.75) is 20.4 Å². The van der Waals surface area contributed by atoms with Crippen LogP contribution in [0.25, 0.3) is 22.4 Å². The number of hydrogen-bond acceptors (Lipinski definition) is 6. The Balaban J connectivity index is 1.45. The van der Waals surface area contributed by atoms with Crippen LogP contribution in [-0.2, 0) is 6.54 Å². The number of hydrogen-bond donors (Lipinski definition) is 2. The van der Waals surface area contributed by atoms with Gasteiger partial charge in [0.25, 0.3) is 11.5 Å². The van der Waals surface area contributed by atoms with E-state index in [4.69, 9.17) is 12.2 Å². The average molecular weight is 484 g/mol. The number of H-pyrrole nitrogens is 1. The number of fused-ring (bicyclic) bond motifs is 1. The van der Waals surface area contributed by atoms with Gasteiger partial charge < -0.3 is 10.3 Å². The van der Waals surface area contributed by atoms with Crippen LogP contribution in [0.4, 0.5) is 0 Å². The fraction of sp³-hybridized carbons (Fsp3) is 0.120. The van der Waals surface area contributed by atoms with E-state index in [1.807, 2.05) is 38.1 Å². The SMILES string of the molecule is Cc1cccc(-n2c(=S)[nH]c3cc(C(=O)NCc4cccnc4-n4cncn4)ccc3c2=O)c1C. The van der Waals surface area contributed by atoms with Gasteiger partial charge in [0.1, 0.15) is 12.7 Å². The number of carbonyl (C=O) groups excluding carboxylic acids is 1. The molecule has 0 saturated heterocycles. The predicted octanol–water partition coefficient (Wildman–Crippen LogP) is 3.57. The molecule has 174 valence electrons. The molecule has 0 aliphatic rings. The standard InChI is InChI=1S/C25H21N7O2S/c1-15-5-3-7-21(16(15)2)32-24(34)19-9-8-17(11-20(19)30-25(32)35)23(33)28-12-18-6-4-10-27-22(18)31-14-26-13-29-31/h3-11,13-14H,12H2,1-2H3,(H,28,33)(H,30,35). The summed E-state index contributed by atoms with van der Waals surface area (Å²) in [6, 6.07) is 14.3. The summed E-state index contributed by atoms with van der Waals surface area (Å²) in [6.07, 6.45) is 4.62. The quantitative estimate of drug-likeness (QED) is 0.370. The highest BCUT2D eigenvalue weighted by atomic mass is 32.1. The summed E-state index contributed by atoms with van der Waals surface area (Å²) in [5.74, 6) is 0.290.